The van der Waals surface area contributed by atoms with E-state index in [-0.39, 0.29) is 0 Å². The third-order valence-corrected chi connectivity index (χ3v) is 2.13. The zero-order valence-corrected chi connectivity index (χ0v) is 9.38. The lowest BCUT2D eigenvalue weighted by Gasteiger charge is -2.04. The quantitative estimate of drug-likeness (QED) is 0.740. The number of unbranched alkanes of at least 4 members (excludes halogenated alkanes) is 2. The summed E-state index contributed by atoms with van der Waals surface area (Å²) in [6.07, 6.45) is 7.04. The number of rotatable bonds is 5. The summed E-state index contributed by atoms with van der Waals surface area (Å²) < 4.78 is 6.46. The molecular formula is C10H14BrNO. The molecule has 0 saturated heterocycles. The van der Waals surface area contributed by atoms with E-state index in [1.165, 1.54) is 12.8 Å². The average molecular weight is 244 g/mol. The maximum absolute atomic E-state index is 5.50. The molecule has 0 spiro atoms. The van der Waals surface area contributed by atoms with Crippen LogP contribution in [0.4, 0.5) is 0 Å². The molecule has 0 aromatic carbocycles. The molecule has 0 amide bonds. The fourth-order valence-electron chi connectivity index (χ4n) is 1.01. The van der Waals surface area contributed by atoms with Crippen LogP contribution in [-0.2, 0) is 0 Å². The molecule has 0 atom stereocenters. The van der Waals surface area contributed by atoms with Crippen LogP contribution in [0.1, 0.15) is 26.2 Å². The minimum Gasteiger partial charge on any atom is -0.492 e. The van der Waals surface area contributed by atoms with E-state index in [0.29, 0.717) is 0 Å². The molecule has 0 unspecified atom stereocenters. The van der Waals surface area contributed by atoms with Crippen LogP contribution in [0.15, 0.2) is 22.9 Å². The molecule has 72 valence electrons. The topological polar surface area (TPSA) is 22.1 Å². The van der Waals surface area contributed by atoms with Crippen LogP contribution in [0.3, 0.4) is 0 Å². The second-order valence-corrected chi connectivity index (χ2v) is 3.81. The highest BCUT2D eigenvalue weighted by Gasteiger charge is 1.94. The predicted molar refractivity (Wildman–Crippen MR) is 57.0 cm³/mol. The summed E-state index contributed by atoms with van der Waals surface area (Å²) in [4.78, 5) is 4.01. The Kier molecular flexibility index (Phi) is 4.83. The van der Waals surface area contributed by atoms with E-state index in [1.54, 1.807) is 12.4 Å². The second kappa shape index (κ2) is 5.97. The van der Waals surface area contributed by atoms with Gasteiger partial charge in [-0.2, -0.15) is 0 Å². The third kappa shape index (κ3) is 4.27. The first-order chi connectivity index (χ1) is 6.33. The molecule has 13 heavy (non-hydrogen) atoms. The fourth-order valence-corrected chi connectivity index (χ4v) is 1.36. The first kappa shape index (κ1) is 10.5. The Morgan fingerprint density at radius 1 is 1.38 bits per heavy atom. The highest BCUT2D eigenvalue weighted by atomic mass is 79.9. The van der Waals surface area contributed by atoms with E-state index < -0.39 is 0 Å². The van der Waals surface area contributed by atoms with Crippen molar-refractivity contribution >= 4 is 15.9 Å². The first-order valence-corrected chi connectivity index (χ1v) is 5.35. The van der Waals surface area contributed by atoms with Crippen molar-refractivity contribution in [3.63, 3.8) is 0 Å². The first-order valence-electron chi connectivity index (χ1n) is 4.56. The van der Waals surface area contributed by atoms with Crippen LogP contribution in [0.25, 0.3) is 0 Å². The predicted octanol–water partition coefficient (Wildman–Crippen LogP) is 3.41. The number of hydrogen-bond donors (Lipinski definition) is 0. The van der Waals surface area contributed by atoms with Gasteiger partial charge in [-0.25, -0.2) is 0 Å². The van der Waals surface area contributed by atoms with E-state index in [2.05, 4.69) is 27.8 Å². The largest absolute Gasteiger partial charge is 0.492 e. The van der Waals surface area contributed by atoms with Crippen molar-refractivity contribution in [2.75, 3.05) is 6.61 Å². The van der Waals surface area contributed by atoms with Crippen LogP contribution >= 0.6 is 15.9 Å². The zero-order valence-electron chi connectivity index (χ0n) is 7.79. The molecule has 0 N–H and O–H groups in total. The average Bonchev–Trinajstić information content (AvgIpc) is 2.13. The van der Waals surface area contributed by atoms with Gasteiger partial charge in [0.25, 0.3) is 0 Å². The maximum atomic E-state index is 5.50. The van der Waals surface area contributed by atoms with Gasteiger partial charge in [0.2, 0.25) is 0 Å². The van der Waals surface area contributed by atoms with E-state index in [4.69, 9.17) is 4.74 Å². The van der Waals surface area contributed by atoms with Crippen molar-refractivity contribution < 1.29 is 4.74 Å². The van der Waals surface area contributed by atoms with E-state index in [0.717, 1.165) is 23.2 Å². The molecule has 0 aliphatic rings. The van der Waals surface area contributed by atoms with Crippen LogP contribution in [-0.4, -0.2) is 11.6 Å². The molecule has 0 radical (unpaired) electrons. The van der Waals surface area contributed by atoms with Crippen molar-refractivity contribution in [2.45, 2.75) is 26.2 Å². The van der Waals surface area contributed by atoms with Crippen LogP contribution < -0.4 is 4.74 Å². The van der Waals surface area contributed by atoms with Crippen LogP contribution in [0.2, 0.25) is 0 Å². The number of ether oxygens (including phenoxy) is 1. The summed E-state index contributed by atoms with van der Waals surface area (Å²) >= 11 is 3.34. The van der Waals surface area contributed by atoms with Gasteiger partial charge in [-0.3, -0.25) is 4.98 Å². The van der Waals surface area contributed by atoms with E-state index in [1.807, 2.05) is 6.07 Å². The SMILES string of the molecule is CCCCCOc1cncc(Br)c1. The number of aromatic nitrogens is 1. The molecule has 0 aliphatic heterocycles. The molecule has 1 heterocycles. The molecule has 0 saturated carbocycles. The Morgan fingerprint density at radius 3 is 2.92 bits per heavy atom. The number of nitrogens with zero attached hydrogens (tertiary/aromatic N) is 1. The molecule has 3 heteroatoms. The molecule has 0 bridgehead atoms. The van der Waals surface area contributed by atoms with Gasteiger partial charge >= 0.3 is 0 Å². The van der Waals surface area contributed by atoms with Gasteiger partial charge in [-0.15, -0.1) is 0 Å². The third-order valence-electron chi connectivity index (χ3n) is 1.70. The van der Waals surface area contributed by atoms with Crippen molar-refractivity contribution in [1.29, 1.82) is 0 Å². The van der Waals surface area contributed by atoms with Gasteiger partial charge in [-0.05, 0) is 28.4 Å². The molecule has 1 rings (SSSR count). The molecule has 1 aromatic rings. The Bertz CT molecular complexity index is 252. The van der Waals surface area contributed by atoms with E-state index >= 15 is 0 Å². The normalized spacial score (nSPS) is 10.0. The Labute approximate surface area is 87.5 Å². The minimum atomic E-state index is 0.784. The van der Waals surface area contributed by atoms with Gasteiger partial charge in [0.15, 0.2) is 0 Å². The Hall–Kier alpha value is -0.570. The molecular weight excluding hydrogens is 230 g/mol. The highest BCUT2D eigenvalue weighted by molar-refractivity contribution is 9.10. The van der Waals surface area contributed by atoms with Gasteiger partial charge in [0.05, 0.1) is 12.8 Å². The van der Waals surface area contributed by atoms with Crippen LogP contribution in [0.5, 0.6) is 5.75 Å². The number of hydrogen-bond acceptors (Lipinski definition) is 2. The van der Waals surface area contributed by atoms with Crippen molar-refractivity contribution in [1.82, 2.24) is 4.98 Å². The van der Waals surface area contributed by atoms with E-state index in [9.17, 15) is 0 Å². The van der Waals surface area contributed by atoms with Crippen molar-refractivity contribution in [3.8, 4) is 5.75 Å². The van der Waals surface area contributed by atoms with Gasteiger partial charge in [0.1, 0.15) is 5.75 Å². The summed E-state index contributed by atoms with van der Waals surface area (Å²) in [5, 5.41) is 0. The monoisotopic (exact) mass is 243 g/mol. The van der Waals surface area contributed by atoms with Crippen molar-refractivity contribution in [3.05, 3.63) is 22.9 Å². The summed E-state index contributed by atoms with van der Waals surface area (Å²) in [5.41, 5.74) is 0. The number of halogens is 1. The molecule has 2 nitrogen and oxygen atoms in total. The standard InChI is InChI=1S/C10H14BrNO/c1-2-3-4-5-13-10-6-9(11)7-12-8-10/h6-8H,2-5H2,1H3. The summed E-state index contributed by atoms with van der Waals surface area (Å²) in [6, 6.07) is 1.93. The second-order valence-electron chi connectivity index (χ2n) is 2.89. The summed E-state index contributed by atoms with van der Waals surface area (Å²) in [6.45, 7) is 2.96. The number of pyridine rings is 1. The lowest BCUT2D eigenvalue weighted by Crippen LogP contribution is -1.97. The van der Waals surface area contributed by atoms with Crippen LogP contribution in [0, 0.1) is 0 Å². The van der Waals surface area contributed by atoms with Gasteiger partial charge in [0, 0.05) is 10.7 Å². The van der Waals surface area contributed by atoms with Gasteiger partial charge in [-0.1, -0.05) is 19.8 Å². The molecule has 0 fully saturated rings. The lowest BCUT2D eigenvalue weighted by molar-refractivity contribution is 0.305. The Morgan fingerprint density at radius 2 is 2.23 bits per heavy atom. The van der Waals surface area contributed by atoms with Gasteiger partial charge < -0.3 is 4.74 Å². The minimum absolute atomic E-state index is 0.784. The lowest BCUT2D eigenvalue weighted by atomic mass is 10.3. The maximum Gasteiger partial charge on any atom is 0.138 e. The molecule has 0 aliphatic carbocycles. The fraction of sp³-hybridized carbons (Fsp3) is 0.500. The zero-order chi connectivity index (χ0) is 9.52. The molecule has 1 aromatic heterocycles. The highest BCUT2D eigenvalue weighted by Crippen LogP contribution is 2.15. The summed E-state index contributed by atoms with van der Waals surface area (Å²) in [5.74, 6) is 0.838. The smallest absolute Gasteiger partial charge is 0.138 e. The Balaban J connectivity index is 2.28. The summed E-state index contributed by atoms with van der Waals surface area (Å²) in [7, 11) is 0. The van der Waals surface area contributed by atoms with Crippen molar-refractivity contribution in [2.24, 2.45) is 0 Å².